The van der Waals surface area contributed by atoms with Crippen molar-refractivity contribution in [3.05, 3.63) is 58.7 Å². The van der Waals surface area contributed by atoms with Crippen LogP contribution in [0.4, 0.5) is 4.39 Å². The van der Waals surface area contributed by atoms with Crippen molar-refractivity contribution in [1.82, 2.24) is 4.98 Å². The zero-order chi connectivity index (χ0) is 15.4. The number of hydrogen-bond donors (Lipinski definition) is 1. The topological polar surface area (TPSA) is 59.4 Å². The largest absolute Gasteiger partial charge is 0.487 e. The number of aromatic carboxylic acids is 1. The van der Waals surface area contributed by atoms with Gasteiger partial charge >= 0.3 is 5.97 Å². The van der Waals surface area contributed by atoms with Crippen molar-refractivity contribution in [2.24, 2.45) is 0 Å². The fourth-order valence-electron chi connectivity index (χ4n) is 2.03. The van der Waals surface area contributed by atoms with Crippen LogP contribution >= 0.6 is 0 Å². The summed E-state index contributed by atoms with van der Waals surface area (Å²) in [6.45, 7) is 3.83. The molecule has 0 aliphatic carbocycles. The average Bonchev–Trinajstić information content (AvgIpc) is 2.45. The van der Waals surface area contributed by atoms with E-state index < -0.39 is 11.8 Å². The Labute approximate surface area is 122 Å². The molecule has 2 aromatic rings. The van der Waals surface area contributed by atoms with E-state index in [1.165, 1.54) is 12.1 Å². The van der Waals surface area contributed by atoms with Gasteiger partial charge in [-0.25, -0.2) is 9.18 Å². The number of nitrogens with zero attached hydrogens (tertiary/aromatic N) is 1. The number of carboxylic acid groups (broad SMARTS) is 1. The first kappa shape index (κ1) is 15.0. The number of carboxylic acids is 1. The minimum atomic E-state index is -1.11. The van der Waals surface area contributed by atoms with E-state index in [1.54, 1.807) is 6.07 Å². The first-order valence-corrected chi connectivity index (χ1v) is 6.62. The molecule has 0 fully saturated rings. The smallest absolute Gasteiger partial charge is 0.336 e. The number of halogens is 1. The van der Waals surface area contributed by atoms with Gasteiger partial charge in [0.05, 0.1) is 11.3 Å². The molecule has 0 spiro atoms. The Kier molecular flexibility index (Phi) is 4.52. The summed E-state index contributed by atoms with van der Waals surface area (Å²) in [5.74, 6) is -1.01. The molecule has 21 heavy (non-hydrogen) atoms. The second-order valence-electron chi connectivity index (χ2n) is 4.65. The predicted molar refractivity (Wildman–Crippen MR) is 76.0 cm³/mol. The minimum absolute atomic E-state index is 0.0167. The summed E-state index contributed by atoms with van der Waals surface area (Å²) in [5.41, 5.74) is 2.01. The second-order valence-corrected chi connectivity index (χ2v) is 4.65. The minimum Gasteiger partial charge on any atom is -0.487 e. The van der Waals surface area contributed by atoms with Crippen molar-refractivity contribution >= 4 is 5.97 Å². The Morgan fingerprint density at radius 1 is 1.33 bits per heavy atom. The number of aryl methyl sites for hydroxylation is 2. The van der Waals surface area contributed by atoms with Gasteiger partial charge in [-0.3, -0.25) is 4.98 Å². The SMILES string of the molecule is CCc1nc(C)ccc1OCc1cc(F)ccc1C(=O)O. The van der Waals surface area contributed by atoms with Crippen LogP contribution in [0.5, 0.6) is 5.75 Å². The summed E-state index contributed by atoms with van der Waals surface area (Å²) < 4.78 is 18.9. The van der Waals surface area contributed by atoms with E-state index in [2.05, 4.69) is 4.98 Å². The van der Waals surface area contributed by atoms with Gasteiger partial charge in [0.2, 0.25) is 0 Å². The van der Waals surface area contributed by atoms with Crippen LogP contribution in [-0.2, 0) is 13.0 Å². The predicted octanol–water partition coefficient (Wildman–Crippen LogP) is 3.37. The van der Waals surface area contributed by atoms with Gasteiger partial charge < -0.3 is 9.84 Å². The van der Waals surface area contributed by atoms with E-state index in [1.807, 2.05) is 19.9 Å². The molecule has 0 bridgehead atoms. The van der Waals surface area contributed by atoms with Gasteiger partial charge in [-0.1, -0.05) is 6.92 Å². The third-order valence-corrected chi connectivity index (χ3v) is 3.09. The maximum Gasteiger partial charge on any atom is 0.336 e. The van der Waals surface area contributed by atoms with Crippen LogP contribution in [0.2, 0.25) is 0 Å². The number of rotatable bonds is 5. The highest BCUT2D eigenvalue weighted by Crippen LogP contribution is 2.20. The number of ether oxygens (including phenoxy) is 1. The molecule has 1 N–H and O–H groups in total. The molecule has 1 aromatic heterocycles. The molecule has 0 radical (unpaired) electrons. The lowest BCUT2D eigenvalue weighted by atomic mass is 10.1. The lowest BCUT2D eigenvalue weighted by Gasteiger charge is -2.12. The fraction of sp³-hybridized carbons (Fsp3) is 0.250. The first-order valence-electron chi connectivity index (χ1n) is 6.62. The summed E-state index contributed by atoms with van der Waals surface area (Å²) in [7, 11) is 0. The Morgan fingerprint density at radius 3 is 2.76 bits per heavy atom. The van der Waals surface area contributed by atoms with Crippen molar-refractivity contribution in [1.29, 1.82) is 0 Å². The van der Waals surface area contributed by atoms with Crippen LogP contribution in [-0.4, -0.2) is 16.1 Å². The van der Waals surface area contributed by atoms with Crippen molar-refractivity contribution in [3.8, 4) is 5.75 Å². The lowest BCUT2D eigenvalue weighted by Crippen LogP contribution is -2.07. The number of carbonyl (C=O) groups is 1. The molecular formula is C16H16FNO3. The van der Waals surface area contributed by atoms with Crippen LogP contribution in [0.3, 0.4) is 0 Å². The van der Waals surface area contributed by atoms with Crippen LogP contribution < -0.4 is 4.74 Å². The maximum absolute atomic E-state index is 13.3. The third-order valence-electron chi connectivity index (χ3n) is 3.09. The molecule has 0 amide bonds. The van der Waals surface area contributed by atoms with Gasteiger partial charge in [0, 0.05) is 11.3 Å². The molecule has 1 aromatic carbocycles. The van der Waals surface area contributed by atoms with Gasteiger partial charge in [-0.15, -0.1) is 0 Å². The summed E-state index contributed by atoms with van der Waals surface area (Å²) in [4.78, 5) is 15.5. The van der Waals surface area contributed by atoms with E-state index in [0.29, 0.717) is 17.7 Å². The molecule has 0 saturated carbocycles. The zero-order valence-corrected chi connectivity index (χ0v) is 11.9. The fourth-order valence-corrected chi connectivity index (χ4v) is 2.03. The van der Waals surface area contributed by atoms with Crippen molar-refractivity contribution < 1.29 is 19.0 Å². The molecule has 2 rings (SSSR count). The summed E-state index contributed by atoms with van der Waals surface area (Å²) >= 11 is 0. The van der Waals surface area contributed by atoms with Gasteiger partial charge in [0.25, 0.3) is 0 Å². The highest BCUT2D eigenvalue weighted by Gasteiger charge is 2.12. The van der Waals surface area contributed by atoms with Crippen LogP contribution in [0.15, 0.2) is 30.3 Å². The van der Waals surface area contributed by atoms with E-state index in [4.69, 9.17) is 9.84 Å². The lowest BCUT2D eigenvalue weighted by molar-refractivity contribution is 0.0694. The molecule has 0 unspecified atom stereocenters. The van der Waals surface area contributed by atoms with Gasteiger partial charge in [-0.05, 0) is 43.7 Å². The zero-order valence-electron chi connectivity index (χ0n) is 11.9. The molecule has 110 valence electrons. The maximum atomic E-state index is 13.3. The first-order chi connectivity index (χ1) is 10.0. The molecule has 1 heterocycles. The van der Waals surface area contributed by atoms with E-state index in [0.717, 1.165) is 17.5 Å². The van der Waals surface area contributed by atoms with Gasteiger partial charge in [-0.2, -0.15) is 0 Å². The Hall–Kier alpha value is -2.43. The monoisotopic (exact) mass is 289 g/mol. The number of hydrogen-bond acceptors (Lipinski definition) is 3. The average molecular weight is 289 g/mol. The third kappa shape index (κ3) is 3.56. The molecule has 0 aliphatic heterocycles. The molecule has 0 saturated heterocycles. The van der Waals surface area contributed by atoms with Crippen LogP contribution in [0, 0.1) is 12.7 Å². The van der Waals surface area contributed by atoms with Crippen molar-refractivity contribution in [2.75, 3.05) is 0 Å². The highest BCUT2D eigenvalue weighted by molar-refractivity contribution is 5.89. The number of pyridine rings is 1. The van der Waals surface area contributed by atoms with Gasteiger partial charge in [0.15, 0.2) is 0 Å². The highest BCUT2D eigenvalue weighted by atomic mass is 19.1. The number of benzene rings is 1. The summed E-state index contributed by atoms with van der Waals surface area (Å²) in [6, 6.07) is 7.15. The van der Waals surface area contributed by atoms with Crippen LogP contribution in [0.25, 0.3) is 0 Å². The van der Waals surface area contributed by atoms with E-state index in [-0.39, 0.29) is 12.2 Å². The summed E-state index contributed by atoms with van der Waals surface area (Å²) in [6.07, 6.45) is 0.700. The molecular weight excluding hydrogens is 273 g/mol. The summed E-state index contributed by atoms with van der Waals surface area (Å²) in [5, 5.41) is 9.10. The van der Waals surface area contributed by atoms with Gasteiger partial charge in [0.1, 0.15) is 18.2 Å². The Bertz CT molecular complexity index is 671. The van der Waals surface area contributed by atoms with E-state index >= 15 is 0 Å². The normalized spacial score (nSPS) is 10.4. The molecule has 0 atom stereocenters. The van der Waals surface area contributed by atoms with Crippen molar-refractivity contribution in [2.45, 2.75) is 26.9 Å². The van der Waals surface area contributed by atoms with Crippen LogP contribution in [0.1, 0.15) is 34.2 Å². The quantitative estimate of drug-likeness (QED) is 0.916. The van der Waals surface area contributed by atoms with E-state index in [9.17, 15) is 9.18 Å². The van der Waals surface area contributed by atoms with Crippen molar-refractivity contribution in [3.63, 3.8) is 0 Å². The molecule has 5 heteroatoms. The Balaban J connectivity index is 2.24. The molecule has 0 aliphatic rings. The second kappa shape index (κ2) is 6.35. The number of aromatic nitrogens is 1. The standard InChI is InChI=1S/C16H16FNO3/c1-3-14-15(7-4-10(2)18-14)21-9-11-8-12(17)5-6-13(11)16(19)20/h4-8H,3,9H2,1-2H3,(H,19,20). The molecule has 4 nitrogen and oxygen atoms in total. The Morgan fingerprint density at radius 2 is 2.10 bits per heavy atom.